The van der Waals surface area contributed by atoms with E-state index in [4.69, 9.17) is 0 Å². The highest BCUT2D eigenvalue weighted by molar-refractivity contribution is 9.10. The van der Waals surface area contributed by atoms with E-state index in [1.54, 1.807) is 7.05 Å². The van der Waals surface area contributed by atoms with Gasteiger partial charge >= 0.3 is 0 Å². The van der Waals surface area contributed by atoms with Gasteiger partial charge < -0.3 is 5.32 Å². The van der Waals surface area contributed by atoms with Crippen molar-refractivity contribution in [3.05, 3.63) is 28.5 Å². The van der Waals surface area contributed by atoms with Crippen molar-refractivity contribution in [2.24, 2.45) is 5.92 Å². The summed E-state index contributed by atoms with van der Waals surface area (Å²) in [5.41, 5.74) is 0. The van der Waals surface area contributed by atoms with Crippen LogP contribution in [0.25, 0.3) is 0 Å². The lowest BCUT2D eigenvalue weighted by molar-refractivity contribution is 0.311. The number of benzene rings is 1. The molecule has 2 rings (SSSR count). The Bertz CT molecular complexity index is 574. The van der Waals surface area contributed by atoms with Crippen LogP contribution in [0.4, 0.5) is 4.39 Å². The van der Waals surface area contributed by atoms with E-state index in [2.05, 4.69) is 21.2 Å². The van der Waals surface area contributed by atoms with Gasteiger partial charge in [0.05, 0.1) is 9.37 Å². The fourth-order valence-corrected chi connectivity index (χ4v) is 3.85. The molecule has 1 aliphatic rings. The van der Waals surface area contributed by atoms with Crippen LogP contribution in [0, 0.1) is 11.7 Å². The molecule has 1 heterocycles. The average Bonchev–Trinajstić information content (AvgIpc) is 2.42. The third-order valence-electron chi connectivity index (χ3n) is 3.57. The van der Waals surface area contributed by atoms with E-state index in [1.165, 1.54) is 16.4 Å². The van der Waals surface area contributed by atoms with E-state index in [9.17, 15) is 12.8 Å². The van der Waals surface area contributed by atoms with E-state index in [-0.39, 0.29) is 9.37 Å². The molecule has 0 bridgehead atoms. The first kappa shape index (κ1) is 15.9. The molecule has 112 valence electrons. The van der Waals surface area contributed by atoms with Gasteiger partial charge in [0.1, 0.15) is 5.82 Å². The number of nitrogens with zero attached hydrogens (tertiary/aromatic N) is 1. The highest BCUT2D eigenvalue weighted by Crippen LogP contribution is 2.23. The van der Waals surface area contributed by atoms with Crippen molar-refractivity contribution in [3.8, 4) is 0 Å². The van der Waals surface area contributed by atoms with Gasteiger partial charge in [-0.2, -0.15) is 0 Å². The van der Waals surface area contributed by atoms with Gasteiger partial charge in [-0.3, -0.25) is 0 Å². The molecule has 0 atom stereocenters. The minimum Gasteiger partial charge on any atom is -0.317 e. The van der Waals surface area contributed by atoms with E-state index >= 15 is 0 Å². The lowest BCUT2D eigenvalue weighted by Gasteiger charge is -2.27. The Morgan fingerprint density at radius 3 is 2.65 bits per heavy atom. The monoisotopic (exact) mass is 364 g/mol. The largest absolute Gasteiger partial charge is 0.317 e. The highest BCUT2D eigenvalue weighted by atomic mass is 79.9. The smallest absolute Gasteiger partial charge is 0.242 e. The van der Waals surface area contributed by atoms with Gasteiger partial charge in [-0.25, -0.2) is 17.1 Å². The number of hydrogen-bond acceptors (Lipinski definition) is 3. The molecule has 0 aliphatic carbocycles. The average molecular weight is 365 g/mol. The first-order chi connectivity index (χ1) is 9.41. The number of halogens is 2. The summed E-state index contributed by atoms with van der Waals surface area (Å²) < 4.78 is 39.9. The number of hydrogen-bond donors (Lipinski definition) is 1. The predicted molar refractivity (Wildman–Crippen MR) is 79.5 cm³/mol. The van der Waals surface area contributed by atoms with Crippen molar-refractivity contribution in [1.82, 2.24) is 9.62 Å². The normalized spacial score (nSPS) is 17.6. The molecule has 1 aromatic rings. The molecule has 7 heteroatoms. The van der Waals surface area contributed by atoms with E-state index in [0.29, 0.717) is 12.5 Å². The van der Waals surface area contributed by atoms with E-state index in [0.717, 1.165) is 32.0 Å². The van der Waals surface area contributed by atoms with Gasteiger partial charge in [0.25, 0.3) is 0 Å². The maximum Gasteiger partial charge on any atom is 0.242 e. The van der Waals surface area contributed by atoms with Crippen LogP contribution in [0.2, 0.25) is 0 Å². The summed E-state index contributed by atoms with van der Waals surface area (Å²) in [4.78, 5) is -0.00497. The fraction of sp³-hybridized carbons (Fsp3) is 0.538. The second kappa shape index (κ2) is 6.51. The Morgan fingerprint density at radius 1 is 1.40 bits per heavy atom. The molecule has 1 aliphatic heterocycles. The molecule has 1 aromatic carbocycles. The van der Waals surface area contributed by atoms with Crippen molar-refractivity contribution in [2.45, 2.75) is 17.7 Å². The summed E-state index contributed by atoms with van der Waals surface area (Å²) >= 11 is 3.02. The molecular weight excluding hydrogens is 347 g/mol. The summed E-state index contributed by atoms with van der Waals surface area (Å²) in [6.45, 7) is 2.32. The third-order valence-corrected chi connectivity index (χ3v) is 6.04. The second-order valence-electron chi connectivity index (χ2n) is 5.05. The summed E-state index contributed by atoms with van der Waals surface area (Å²) in [6, 6.07) is 3.89. The standard InChI is InChI=1S/C13H18BrFN2O2S/c1-17(9-10-4-6-16-7-5-10)20(18,19)11-2-3-12(14)13(15)8-11/h2-3,8,10,16H,4-7,9H2,1H3. The minimum atomic E-state index is -3.63. The van der Waals surface area contributed by atoms with Crippen LogP contribution >= 0.6 is 15.9 Å². The van der Waals surface area contributed by atoms with Crippen LogP contribution in [0.5, 0.6) is 0 Å². The fourth-order valence-electron chi connectivity index (χ4n) is 2.34. The minimum absolute atomic E-state index is 0.00497. The number of sulfonamides is 1. The maximum atomic E-state index is 13.5. The summed E-state index contributed by atoms with van der Waals surface area (Å²) in [6.07, 6.45) is 1.93. The summed E-state index contributed by atoms with van der Waals surface area (Å²) in [7, 11) is -2.07. The second-order valence-corrected chi connectivity index (χ2v) is 7.95. The first-order valence-corrected chi connectivity index (χ1v) is 8.76. The highest BCUT2D eigenvalue weighted by Gasteiger charge is 2.25. The van der Waals surface area contributed by atoms with E-state index in [1.807, 2.05) is 0 Å². The summed E-state index contributed by atoms with van der Waals surface area (Å²) in [5.74, 6) is -0.210. The van der Waals surface area contributed by atoms with Crippen LogP contribution < -0.4 is 5.32 Å². The van der Waals surface area contributed by atoms with Crippen molar-refractivity contribution in [2.75, 3.05) is 26.7 Å². The van der Waals surface area contributed by atoms with Crippen molar-refractivity contribution < 1.29 is 12.8 Å². The predicted octanol–water partition coefficient (Wildman–Crippen LogP) is 2.21. The zero-order valence-corrected chi connectivity index (χ0v) is 13.7. The Morgan fingerprint density at radius 2 is 2.05 bits per heavy atom. The SMILES string of the molecule is CN(CC1CCNCC1)S(=O)(=O)c1ccc(Br)c(F)c1. The van der Waals surface area contributed by atoms with Gasteiger partial charge in [-0.05, 0) is 66.0 Å². The number of piperidine rings is 1. The maximum absolute atomic E-state index is 13.5. The van der Waals surface area contributed by atoms with Crippen LogP contribution in [0.1, 0.15) is 12.8 Å². The van der Waals surface area contributed by atoms with Gasteiger partial charge in [-0.1, -0.05) is 0 Å². The molecule has 0 spiro atoms. The molecule has 4 nitrogen and oxygen atoms in total. The Labute approximate surface area is 127 Å². The Kier molecular flexibility index (Phi) is 5.17. The van der Waals surface area contributed by atoms with Gasteiger partial charge in [-0.15, -0.1) is 0 Å². The Hall–Kier alpha value is -0.500. The molecule has 20 heavy (non-hydrogen) atoms. The molecule has 0 saturated carbocycles. The first-order valence-electron chi connectivity index (χ1n) is 6.53. The molecule has 1 saturated heterocycles. The van der Waals surface area contributed by atoms with Gasteiger partial charge in [0.15, 0.2) is 0 Å². The van der Waals surface area contributed by atoms with Gasteiger partial charge in [0.2, 0.25) is 10.0 Å². The van der Waals surface area contributed by atoms with Gasteiger partial charge in [0, 0.05) is 13.6 Å². The lowest BCUT2D eigenvalue weighted by Crippen LogP contribution is -2.37. The van der Waals surface area contributed by atoms with Crippen LogP contribution in [-0.2, 0) is 10.0 Å². The van der Waals surface area contributed by atoms with E-state index < -0.39 is 15.8 Å². The lowest BCUT2D eigenvalue weighted by atomic mass is 9.98. The molecular formula is C13H18BrFN2O2S. The van der Waals surface area contributed by atoms with Crippen molar-refractivity contribution >= 4 is 26.0 Å². The zero-order chi connectivity index (χ0) is 14.8. The van der Waals surface area contributed by atoms with Crippen molar-refractivity contribution in [3.63, 3.8) is 0 Å². The molecule has 1 fully saturated rings. The molecule has 0 radical (unpaired) electrons. The molecule has 0 unspecified atom stereocenters. The zero-order valence-electron chi connectivity index (χ0n) is 11.3. The summed E-state index contributed by atoms with van der Waals surface area (Å²) in [5, 5.41) is 3.25. The molecule has 0 aromatic heterocycles. The topological polar surface area (TPSA) is 49.4 Å². The number of rotatable bonds is 4. The van der Waals surface area contributed by atoms with Crippen LogP contribution in [-0.4, -0.2) is 39.4 Å². The molecule has 1 N–H and O–H groups in total. The quantitative estimate of drug-likeness (QED) is 0.890. The number of nitrogens with one attached hydrogen (secondary N) is 1. The Balaban J connectivity index is 2.13. The molecule has 0 amide bonds. The van der Waals surface area contributed by atoms with Crippen molar-refractivity contribution in [1.29, 1.82) is 0 Å². The third kappa shape index (κ3) is 3.58. The van der Waals surface area contributed by atoms with Crippen LogP contribution in [0.3, 0.4) is 0 Å². The van der Waals surface area contributed by atoms with Crippen LogP contribution in [0.15, 0.2) is 27.6 Å².